The van der Waals surface area contributed by atoms with E-state index in [2.05, 4.69) is 79.1 Å². The van der Waals surface area contributed by atoms with Crippen LogP contribution in [0.15, 0.2) is 109 Å². The fraction of sp³-hybridized carbons (Fsp3) is 0. The van der Waals surface area contributed by atoms with Crippen LogP contribution in [-0.4, -0.2) is 0 Å². The Labute approximate surface area is 166 Å². The van der Waals surface area contributed by atoms with E-state index in [1.54, 1.807) is 0 Å². The minimum Gasteiger partial charge on any atom is -0.748 e. The van der Waals surface area contributed by atoms with Crippen molar-refractivity contribution in [2.45, 2.75) is 0 Å². The summed E-state index contributed by atoms with van der Waals surface area (Å²) < 4.78 is 0. The Morgan fingerprint density at radius 2 is 1.00 bits per heavy atom. The van der Waals surface area contributed by atoms with Crippen LogP contribution in [0, 0.1) is 0 Å². The summed E-state index contributed by atoms with van der Waals surface area (Å²) >= 11 is 0. The third kappa shape index (κ3) is 8.44. The predicted octanol–water partition coefficient (Wildman–Crippen LogP) is 5.16. The molecule has 25 heavy (non-hydrogen) atoms. The normalized spacial score (nSPS) is 8.88. The molecule has 0 saturated heterocycles. The molecule has 0 spiro atoms. The summed E-state index contributed by atoms with van der Waals surface area (Å²) in [4.78, 5) is 0. The Kier molecular flexibility index (Phi) is 11.1. The topological polar surface area (TPSA) is 0 Å². The summed E-state index contributed by atoms with van der Waals surface area (Å²) in [6.07, 6.45) is 0. The zero-order valence-electron chi connectivity index (χ0n) is 13.9. The van der Waals surface area contributed by atoms with Crippen LogP contribution in [0.2, 0.25) is 0 Å². The maximum atomic E-state index is 2.65. The molecule has 0 aliphatic carbocycles. The Morgan fingerprint density at radius 1 is 0.600 bits per heavy atom. The van der Waals surface area contributed by atoms with E-state index in [0.29, 0.717) is 0 Å². The zero-order valence-corrected chi connectivity index (χ0v) is 17.3. The molecule has 2 atom stereocenters. The molecule has 0 aliphatic rings. The van der Waals surface area contributed by atoms with Crippen LogP contribution >= 0.6 is 18.5 Å². The van der Waals surface area contributed by atoms with Gasteiger partial charge in [0.25, 0.3) is 0 Å². The molecule has 0 aromatic heterocycles. The van der Waals surface area contributed by atoms with E-state index < -0.39 is 0 Å². The fourth-order valence-corrected chi connectivity index (χ4v) is 2.44. The van der Waals surface area contributed by atoms with Crippen molar-refractivity contribution in [1.82, 2.24) is 0 Å². The van der Waals surface area contributed by atoms with Gasteiger partial charge in [0.05, 0.1) is 0 Å². The van der Waals surface area contributed by atoms with Gasteiger partial charge in [-0.3, -0.25) is 0 Å². The van der Waals surface area contributed by atoms with Crippen molar-refractivity contribution < 1.29 is 17.1 Å². The Morgan fingerprint density at radius 3 is 1.24 bits per heavy atom. The minimum absolute atomic E-state index is 0. The first-order valence-electron chi connectivity index (χ1n) is 7.81. The predicted molar refractivity (Wildman–Crippen MR) is 115 cm³/mol. The van der Waals surface area contributed by atoms with Gasteiger partial charge in [0.15, 0.2) is 0 Å². The maximum absolute atomic E-state index is 2.65. The van der Waals surface area contributed by atoms with Gasteiger partial charge in [-0.2, -0.15) is 15.3 Å². The maximum Gasteiger partial charge on any atom is 0 e. The van der Waals surface area contributed by atoms with Crippen LogP contribution in [0.5, 0.6) is 0 Å². The quantitative estimate of drug-likeness (QED) is 0.234. The van der Waals surface area contributed by atoms with Crippen molar-refractivity contribution in [2.75, 3.05) is 0 Å². The molecule has 0 heterocycles. The number of hydrogen-bond donors (Lipinski definition) is 0. The van der Waals surface area contributed by atoms with E-state index in [-0.39, 0.29) is 17.1 Å². The second kappa shape index (κ2) is 12.8. The molecule has 4 aromatic carbocycles. The number of benzene rings is 2. The third-order valence-corrected chi connectivity index (χ3v) is 4.71. The first-order chi connectivity index (χ1) is 11.8. The Balaban J connectivity index is 0.000000205. The third-order valence-electron chi connectivity index (χ3n) is 3.32. The summed E-state index contributed by atoms with van der Waals surface area (Å²) in [7, 11) is 5.31. The smallest absolute Gasteiger partial charge is 0 e. The van der Waals surface area contributed by atoms with Gasteiger partial charge >= 0.3 is 0 Å². The minimum atomic E-state index is 0. The van der Waals surface area contributed by atoms with E-state index in [1.165, 1.54) is 21.7 Å². The van der Waals surface area contributed by atoms with E-state index in [0.717, 1.165) is 0 Å². The molecule has 0 radical (unpaired) electrons. The zero-order chi connectivity index (χ0) is 17.0. The van der Waals surface area contributed by atoms with Crippen molar-refractivity contribution in [2.24, 2.45) is 0 Å². The number of rotatable bonds is 1. The van der Waals surface area contributed by atoms with Gasteiger partial charge in [-0.05, 0) is 11.1 Å². The molecule has 2 unspecified atom stereocenters. The van der Waals surface area contributed by atoms with E-state index in [1.807, 2.05) is 48.5 Å². The summed E-state index contributed by atoms with van der Waals surface area (Å²) in [5, 5.41) is 2.54. The molecule has 4 rings (SSSR count). The molecule has 134 valence electrons. The fourth-order valence-electron chi connectivity index (χ4n) is 2.03. The Bertz CT molecular complexity index is 704. The van der Waals surface area contributed by atoms with Crippen LogP contribution in [0.25, 0.3) is 11.1 Å². The van der Waals surface area contributed by atoms with Crippen molar-refractivity contribution in [3.63, 3.8) is 0 Å². The van der Waals surface area contributed by atoms with Gasteiger partial charge in [-0.1, -0.05) is 60.7 Å². The SMILES string of the molecule is Pc1ccc[c-]1P.[Fe].[cH-]1[cH-][cH-][cH-][cH-]1.c1ccc(-c2ccccc2)cc1. The summed E-state index contributed by atoms with van der Waals surface area (Å²) in [5.74, 6) is 0. The largest absolute Gasteiger partial charge is 0.748 e. The molecule has 0 nitrogen and oxygen atoms in total. The molecule has 3 heteroatoms. The van der Waals surface area contributed by atoms with Gasteiger partial charge in [0.1, 0.15) is 0 Å². The van der Waals surface area contributed by atoms with Crippen LogP contribution in [-0.2, 0) is 17.1 Å². The molecule has 0 aliphatic heterocycles. The van der Waals surface area contributed by atoms with Crippen LogP contribution < -0.4 is 10.6 Å². The summed E-state index contributed by atoms with van der Waals surface area (Å²) in [6.45, 7) is 0. The van der Waals surface area contributed by atoms with E-state index in [4.69, 9.17) is 0 Å². The van der Waals surface area contributed by atoms with Gasteiger partial charge in [-0.25, -0.2) is 12.1 Å². The average Bonchev–Trinajstić information content (AvgIpc) is 3.33. The monoisotopic (exact) mass is 404 g/mol. The second-order valence-electron chi connectivity index (χ2n) is 5.13. The van der Waals surface area contributed by atoms with E-state index >= 15 is 0 Å². The number of hydrogen-bond acceptors (Lipinski definition) is 0. The first kappa shape index (κ1) is 21.6. The summed E-state index contributed by atoms with van der Waals surface area (Å²) in [6, 6.07) is 36.9. The van der Waals surface area contributed by atoms with Crippen LogP contribution in [0.3, 0.4) is 0 Å². The van der Waals surface area contributed by atoms with Gasteiger partial charge in [0, 0.05) is 17.1 Å². The van der Waals surface area contributed by atoms with Crippen LogP contribution in [0.1, 0.15) is 0 Å². The van der Waals surface area contributed by atoms with Gasteiger partial charge < -0.3 is 30.3 Å². The molecule has 0 bridgehead atoms. The van der Waals surface area contributed by atoms with Crippen molar-refractivity contribution in [3.8, 4) is 11.1 Å². The molecule has 0 N–H and O–H groups in total. The molecule has 0 saturated carbocycles. The van der Waals surface area contributed by atoms with Gasteiger partial charge in [-0.15, -0.1) is 19.8 Å². The van der Waals surface area contributed by atoms with Gasteiger partial charge in [0.2, 0.25) is 0 Å². The summed E-state index contributed by atoms with van der Waals surface area (Å²) in [5.41, 5.74) is 2.55. The molecule has 4 aromatic rings. The van der Waals surface area contributed by atoms with Crippen molar-refractivity contribution >= 4 is 29.1 Å². The molecular weight excluding hydrogens is 382 g/mol. The first-order valence-corrected chi connectivity index (χ1v) is 8.96. The molecule has 0 fully saturated rings. The molecular formula is C22H22FeP2-6. The van der Waals surface area contributed by atoms with Crippen molar-refractivity contribution in [3.05, 3.63) is 109 Å². The van der Waals surface area contributed by atoms with Crippen molar-refractivity contribution in [1.29, 1.82) is 0 Å². The molecule has 0 amide bonds. The standard InChI is InChI=1S/C12H10.C5H7P2.C5H5.Fe/c1-3-7-11(8-4-1)12-9-5-2-6-10-12;6-4-2-1-3-5(4)7;1-2-4-5-3-1;/h1-10H;1-3H,6-7H2;1-5H;/q;-1;-5;. The average molecular weight is 404 g/mol. The van der Waals surface area contributed by atoms with Crippen LogP contribution in [0.4, 0.5) is 0 Å². The Hall–Kier alpha value is -1.48. The second-order valence-corrected chi connectivity index (χ2v) is 6.37. The van der Waals surface area contributed by atoms with E-state index in [9.17, 15) is 0 Å².